The van der Waals surface area contributed by atoms with E-state index in [1.54, 1.807) is 0 Å². The summed E-state index contributed by atoms with van der Waals surface area (Å²) >= 11 is 0. The van der Waals surface area contributed by atoms with E-state index < -0.39 is 0 Å². The van der Waals surface area contributed by atoms with Crippen LogP contribution in [0.4, 0.5) is 0 Å². The molecule has 118 valence electrons. The summed E-state index contributed by atoms with van der Waals surface area (Å²) in [5.74, 6) is 0.715. The van der Waals surface area contributed by atoms with Crippen LogP contribution in [0.5, 0.6) is 0 Å². The molecule has 0 aromatic heterocycles. The topological polar surface area (TPSA) is 30.5 Å². The van der Waals surface area contributed by atoms with Crippen LogP contribution in [0, 0.1) is 5.92 Å². The van der Waals surface area contributed by atoms with E-state index in [4.69, 9.17) is 9.47 Å². The van der Waals surface area contributed by atoms with Crippen molar-refractivity contribution >= 4 is 0 Å². The van der Waals surface area contributed by atoms with Gasteiger partial charge in [-0.3, -0.25) is 0 Å². The Morgan fingerprint density at radius 1 is 1.30 bits per heavy atom. The van der Waals surface area contributed by atoms with Crippen molar-refractivity contribution in [1.29, 1.82) is 0 Å². The SMILES string of the molecule is CCCNC(COC(C)C)C1CCOC2(CCCC2)C1. The summed E-state index contributed by atoms with van der Waals surface area (Å²) in [5.41, 5.74) is 0.215. The third-order valence-electron chi connectivity index (χ3n) is 4.88. The van der Waals surface area contributed by atoms with Gasteiger partial charge in [0.25, 0.3) is 0 Å². The predicted molar refractivity (Wildman–Crippen MR) is 83.0 cm³/mol. The summed E-state index contributed by atoms with van der Waals surface area (Å²) in [7, 11) is 0. The summed E-state index contributed by atoms with van der Waals surface area (Å²) < 4.78 is 12.1. The van der Waals surface area contributed by atoms with Gasteiger partial charge in [0, 0.05) is 12.6 Å². The van der Waals surface area contributed by atoms with E-state index in [1.165, 1.54) is 44.9 Å². The van der Waals surface area contributed by atoms with Crippen LogP contribution in [0.1, 0.15) is 65.7 Å². The molecule has 1 N–H and O–H groups in total. The van der Waals surface area contributed by atoms with Crippen LogP contribution < -0.4 is 5.32 Å². The number of nitrogens with one attached hydrogen (secondary N) is 1. The van der Waals surface area contributed by atoms with E-state index >= 15 is 0 Å². The van der Waals surface area contributed by atoms with Gasteiger partial charge in [0.15, 0.2) is 0 Å². The van der Waals surface area contributed by atoms with E-state index in [-0.39, 0.29) is 5.60 Å². The predicted octanol–water partition coefficient (Wildman–Crippen LogP) is 3.52. The molecule has 3 nitrogen and oxygen atoms in total. The largest absolute Gasteiger partial charge is 0.377 e. The second-order valence-corrected chi connectivity index (χ2v) is 6.93. The Morgan fingerprint density at radius 3 is 2.70 bits per heavy atom. The minimum absolute atomic E-state index is 0.215. The zero-order chi connectivity index (χ0) is 14.4. The summed E-state index contributed by atoms with van der Waals surface area (Å²) in [6, 6.07) is 0.499. The molecule has 2 fully saturated rings. The van der Waals surface area contributed by atoms with Gasteiger partial charge in [0.2, 0.25) is 0 Å². The molecule has 1 saturated heterocycles. The van der Waals surface area contributed by atoms with Crippen molar-refractivity contribution < 1.29 is 9.47 Å². The van der Waals surface area contributed by atoms with Crippen LogP contribution in [-0.2, 0) is 9.47 Å². The molecule has 1 saturated carbocycles. The molecule has 1 aliphatic carbocycles. The molecule has 0 aromatic carbocycles. The average Bonchev–Trinajstić information content (AvgIpc) is 2.86. The van der Waals surface area contributed by atoms with E-state index in [0.717, 1.165) is 19.8 Å². The lowest BCUT2D eigenvalue weighted by Gasteiger charge is -2.41. The van der Waals surface area contributed by atoms with Crippen molar-refractivity contribution in [2.75, 3.05) is 19.8 Å². The highest BCUT2D eigenvalue weighted by Crippen LogP contribution is 2.42. The maximum atomic E-state index is 6.17. The molecule has 2 atom stereocenters. The summed E-state index contributed by atoms with van der Waals surface area (Å²) in [5, 5.41) is 3.72. The summed E-state index contributed by atoms with van der Waals surface area (Å²) in [6.07, 6.45) is 9.17. The van der Waals surface area contributed by atoms with Crippen molar-refractivity contribution in [3.63, 3.8) is 0 Å². The molecule has 20 heavy (non-hydrogen) atoms. The van der Waals surface area contributed by atoms with Gasteiger partial charge < -0.3 is 14.8 Å². The van der Waals surface area contributed by atoms with E-state index in [0.29, 0.717) is 18.1 Å². The molecule has 1 aliphatic heterocycles. The third kappa shape index (κ3) is 4.44. The normalized spacial score (nSPS) is 27.3. The molecule has 0 bridgehead atoms. The molecule has 0 aromatic rings. The Balaban J connectivity index is 1.91. The molecule has 2 rings (SSSR count). The molecule has 2 aliphatic rings. The fourth-order valence-corrected chi connectivity index (χ4v) is 3.76. The highest BCUT2D eigenvalue weighted by molar-refractivity contribution is 4.94. The summed E-state index contributed by atoms with van der Waals surface area (Å²) in [6.45, 7) is 9.36. The quantitative estimate of drug-likeness (QED) is 0.775. The average molecular weight is 283 g/mol. The molecule has 1 spiro atoms. The highest BCUT2D eigenvalue weighted by atomic mass is 16.5. The van der Waals surface area contributed by atoms with E-state index in [2.05, 4.69) is 26.1 Å². The zero-order valence-electron chi connectivity index (χ0n) is 13.6. The first kappa shape index (κ1) is 16.3. The molecule has 2 unspecified atom stereocenters. The Hall–Kier alpha value is -0.120. The number of hydrogen-bond acceptors (Lipinski definition) is 3. The highest BCUT2D eigenvalue weighted by Gasteiger charge is 2.41. The van der Waals surface area contributed by atoms with Gasteiger partial charge in [-0.15, -0.1) is 0 Å². The molecular formula is C17H33NO2. The first-order valence-corrected chi connectivity index (χ1v) is 8.64. The Labute approximate surface area is 124 Å². The Kier molecular flexibility index (Phi) is 6.31. The lowest BCUT2D eigenvalue weighted by molar-refractivity contribution is -0.103. The Bertz CT molecular complexity index is 274. The van der Waals surface area contributed by atoms with Crippen molar-refractivity contribution in [2.24, 2.45) is 5.92 Å². The van der Waals surface area contributed by atoms with Gasteiger partial charge in [0.05, 0.1) is 18.3 Å². The molecular weight excluding hydrogens is 250 g/mol. The zero-order valence-corrected chi connectivity index (χ0v) is 13.6. The number of ether oxygens (including phenoxy) is 2. The maximum Gasteiger partial charge on any atom is 0.0685 e. The van der Waals surface area contributed by atoms with Crippen LogP contribution in [0.3, 0.4) is 0 Å². The lowest BCUT2D eigenvalue weighted by Crippen LogP contribution is -2.48. The first-order valence-electron chi connectivity index (χ1n) is 8.64. The van der Waals surface area contributed by atoms with Crippen molar-refractivity contribution in [3.8, 4) is 0 Å². The fourth-order valence-electron chi connectivity index (χ4n) is 3.76. The monoisotopic (exact) mass is 283 g/mol. The van der Waals surface area contributed by atoms with Crippen molar-refractivity contribution in [2.45, 2.75) is 83.5 Å². The Morgan fingerprint density at radius 2 is 2.05 bits per heavy atom. The van der Waals surface area contributed by atoms with Crippen LogP contribution in [0.2, 0.25) is 0 Å². The standard InChI is InChI=1S/C17H33NO2/c1-4-10-18-16(13-19-14(2)3)15-7-11-20-17(12-15)8-5-6-9-17/h14-16,18H,4-13H2,1-3H3. The number of rotatable bonds is 7. The molecule has 0 radical (unpaired) electrons. The molecule has 3 heteroatoms. The van der Waals surface area contributed by atoms with Gasteiger partial charge in [-0.25, -0.2) is 0 Å². The third-order valence-corrected chi connectivity index (χ3v) is 4.88. The lowest BCUT2D eigenvalue weighted by atomic mass is 9.80. The van der Waals surface area contributed by atoms with Crippen LogP contribution in [-0.4, -0.2) is 37.5 Å². The van der Waals surface area contributed by atoms with E-state index in [1.807, 2.05) is 0 Å². The van der Waals surface area contributed by atoms with Gasteiger partial charge >= 0.3 is 0 Å². The molecule has 0 amide bonds. The fraction of sp³-hybridized carbons (Fsp3) is 1.00. The maximum absolute atomic E-state index is 6.17. The minimum Gasteiger partial charge on any atom is -0.377 e. The second-order valence-electron chi connectivity index (χ2n) is 6.93. The van der Waals surface area contributed by atoms with Gasteiger partial charge in [-0.05, 0) is 58.4 Å². The number of hydrogen-bond donors (Lipinski definition) is 1. The van der Waals surface area contributed by atoms with Crippen molar-refractivity contribution in [3.05, 3.63) is 0 Å². The minimum atomic E-state index is 0.215. The van der Waals surface area contributed by atoms with Crippen LogP contribution >= 0.6 is 0 Å². The first-order chi connectivity index (χ1) is 9.65. The van der Waals surface area contributed by atoms with Crippen LogP contribution in [0.15, 0.2) is 0 Å². The van der Waals surface area contributed by atoms with Gasteiger partial charge in [-0.2, -0.15) is 0 Å². The van der Waals surface area contributed by atoms with Gasteiger partial charge in [-0.1, -0.05) is 19.8 Å². The summed E-state index contributed by atoms with van der Waals surface area (Å²) in [4.78, 5) is 0. The molecule has 1 heterocycles. The van der Waals surface area contributed by atoms with E-state index in [9.17, 15) is 0 Å². The van der Waals surface area contributed by atoms with Gasteiger partial charge in [0.1, 0.15) is 0 Å². The van der Waals surface area contributed by atoms with Crippen LogP contribution in [0.25, 0.3) is 0 Å². The van der Waals surface area contributed by atoms with Crippen molar-refractivity contribution in [1.82, 2.24) is 5.32 Å². The smallest absolute Gasteiger partial charge is 0.0685 e. The second kappa shape index (κ2) is 7.77.